The zero-order valence-electron chi connectivity index (χ0n) is 12.6. The molecule has 8 nitrogen and oxygen atoms in total. The molecule has 2 amide bonds. The van der Waals surface area contributed by atoms with Gasteiger partial charge in [-0.15, -0.1) is 0 Å². The van der Waals surface area contributed by atoms with E-state index in [9.17, 15) is 19.7 Å². The molecule has 22 heavy (non-hydrogen) atoms. The molecule has 1 N–H and O–H groups in total. The minimum Gasteiger partial charge on any atom is -0.450 e. The molecule has 0 aromatic heterocycles. The van der Waals surface area contributed by atoms with Crippen molar-refractivity contribution < 1.29 is 19.2 Å². The van der Waals surface area contributed by atoms with Crippen molar-refractivity contribution in [1.82, 2.24) is 10.2 Å². The number of hydrogen-bond donors (Lipinski definition) is 1. The summed E-state index contributed by atoms with van der Waals surface area (Å²) in [6, 6.07) is 6.35. The highest BCUT2D eigenvalue weighted by molar-refractivity contribution is 5.92. The van der Waals surface area contributed by atoms with Crippen LogP contribution in [0.15, 0.2) is 24.3 Å². The molecular formula is C14H19N3O5. The van der Waals surface area contributed by atoms with Gasteiger partial charge in [0.1, 0.15) is 0 Å². The van der Waals surface area contributed by atoms with Gasteiger partial charge in [0.05, 0.1) is 18.1 Å². The van der Waals surface area contributed by atoms with Crippen LogP contribution in [0.1, 0.15) is 19.4 Å². The average Bonchev–Trinajstić information content (AvgIpc) is 2.46. The minimum absolute atomic E-state index is 0.00625. The number of nitro groups is 1. The van der Waals surface area contributed by atoms with E-state index in [1.165, 1.54) is 6.07 Å². The highest BCUT2D eigenvalue weighted by Gasteiger charge is 2.17. The molecule has 0 aliphatic carbocycles. The van der Waals surface area contributed by atoms with Crippen molar-refractivity contribution in [3.8, 4) is 0 Å². The molecule has 0 atom stereocenters. The van der Waals surface area contributed by atoms with Crippen molar-refractivity contribution >= 4 is 17.7 Å². The number of para-hydroxylation sites is 1. The van der Waals surface area contributed by atoms with Gasteiger partial charge in [0.2, 0.25) is 5.91 Å². The monoisotopic (exact) mass is 309 g/mol. The summed E-state index contributed by atoms with van der Waals surface area (Å²) >= 11 is 0. The van der Waals surface area contributed by atoms with E-state index >= 15 is 0 Å². The van der Waals surface area contributed by atoms with Gasteiger partial charge in [-0.05, 0) is 13.5 Å². The Morgan fingerprint density at radius 1 is 1.32 bits per heavy atom. The first-order valence-corrected chi connectivity index (χ1v) is 6.89. The molecule has 8 heteroatoms. The summed E-state index contributed by atoms with van der Waals surface area (Å²) in [6.07, 6.45) is -0.797. The molecule has 120 valence electrons. The van der Waals surface area contributed by atoms with Crippen LogP contribution in [0.5, 0.6) is 0 Å². The molecule has 1 rings (SSSR count). The standard InChI is InChI=1S/C14H19N3O5/c1-3-16(10-13(18)15-14(19)22-4-2)9-11-7-5-6-8-12(11)17(20)21/h5-8H,3-4,9-10H2,1-2H3,(H,15,18,19). The van der Waals surface area contributed by atoms with Crippen molar-refractivity contribution in [2.75, 3.05) is 19.7 Å². The van der Waals surface area contributed by atoms with E-state index in [4.69, 9.17) is 0 Å². The molecule has 1 aromatic rings. The zero-order valence-corrected chi connectivity index (χ0v) is 12.6. The van der Waals surface area contributed by atoms with Crippen molar-refractivity contribution in [1.29, 1.82) is 0 Å². The molecule has 0 heterocycles. The molecule has 1 aromatic carbocycles. The number of likely N-dealkylation sites (N-methyl/N-ethyl adjacent to an activating group) is 1. The Morgan fingerprint density at radius 2 is 2.00 bits per heavy atom. The van der Waals surface area contributed by atoms with Crippen LogP contribution in [0.3, 0.4) is 0 Å². The molecule has 0 fully saturated rings. The lowest BCUT2D eigenvalue weighted by molar-refractivity contribution is -0.385. The fourth-order valence-electron chi connectivity index (χ4n) is 1.87. The van der Waals surface area contributed by atoms with Gasteiger partial charge in [-0.25, -0.2) is 4.79 Å². The first-order chi connectivity index (χ1) is 10.5. The largest absolute Gasteiger partial charge is 0.450 e. The zero-order chi connectivity index (χ0) is 16.5. The highest BCUT2D eigenvalue weighted by atomic mass is 16.6. The molecule has 0 saturated heterocycles. The smallest absolute Gasteiger partial charge is 0.413 e. The van der Waals surface area contributed by atoms with Crippen LogP contribution >= 0.6 is 0 Å². The van der Waals surface area contributed by atoms with Crippen LogP contribution in [0.4, 0.5) is 10.5 Å². The summed E-state index contributed by atoms with van der Waals surface area (Å²) in [4.78, 5) is 35.1. The van der Waals surface area contributed by atoms with E-state index in [-0.39, 0.29) is 25.4 Å². The molecule has 0 aliphatic heterocycles. The minimum atomic E-state index is -0.797. The van der Waals surface area contributed by atoms with E-state index in [2.05, 4.69) is 10.1 Å². The van der Waals surface area contributed by atoms with Crippen LogP contribution in [-0.4, -0.2) is 41.5 Å². The van der Waals surface area contributed by atoms with E-state index in [0.717, 1.165) is 0 Å². The number of nitrogens with one attached hydrogen (secondary N) is 1. The number of nitrogens with zero attached hydrogens (tertiary/aromatic N) is 2. The number of benzene rings is 1. The van der Waals surface area contributed by atoms with Gasteiger partial charge in [0, 0.05) is 18.2 Å². The number of carbonyl (C=O) groups excluding carboxylic acids is 2. The Hall–Kier alpha value is -2.48. The summed E-state index contributed by atoms with van der Waals surface area (Å²) in [5.41, 5.74) is 0.519. The van der Waals surface area contributed by atoms with Gasteiger partial charge in [-0.2, -0.15) is 0 Å². The maximum atomic E-state index is 11.7. The summed E-state index contributed by atoms with van der Waals surface area (Å²) in [5, 5.41) is 13.1. The van der Waals surface area contributed by atoms with E-state index in [1.807, 2.05) is 6.92 Å². The lowest BCUT2D eigenvalue weighted by Gasteiger charge is -2.19. The first-order valence-electron chi connectivity index (χ1n) is 6.89. The van der Waals surface area contributed by atoms with Gasteiger partial charge in [-0.3, -0.25) is 25.1 Å². The number of nitro benzene ring substituents is 1. The lowest BCUT2D eigenvalue weighted by atomic mass is 10.1. The summed E-state index contributed by atoms with van der Waals surface area (Å²) in [5.74, 6) is -0.515. The maximum Gasteiger partial charge on any atom is 0.413 e. The topological polar surface area (TPSA) is 102 Å². The van der Waals surface area contributed by atoms with Gasteiger partial charge in [0.15, 0.2) is 0 Å². The summed E-state index contributed by atoms with van der Waals surface area (Å²) in [7, 11) is 0. The third-order valence-corrected chi connectivity index (χ3v) is 2.91. The van der Waals surface area contributed by atoms with Crippen molar-refractivity contribution in [2.45, 2.75) is 20.4 Å². The Balaban J connectivity index is 2.68. The number of alkyl carbamates (subject to hydrolysis) is 1. The van der Waals surface area contributed by atoms with E-state index < -0.39 is 16.9 Å². The van der Waals surface area contributed by atoms with Crippen LogP contribution in [-0.2, 0) is 16.1 Å². The molecule has 0 bridgehead atoms. The number of ether oxygens (including phenoxy) is 1. The first kappa shape index (κ1) is 17.6. The quantitative estimate of drug-likeness (QED) is 0.607. The van der Waals surface area contributed by atoms with Crippen molar-refractivity contribution in [3.05, 3.63) is 39.9 Å². The molecule has 0 radical (unpaired) electrons. The summed E-state index contributed by atoms with van der Waals surface area (Å²) in [6.45, 7) is 4.32. The van der Waals surface area contributed by atoms with Gasteiger partial charge >= 0.3 is 6.09 Å². The summed E-state index contributed by atoms with van der Waals surface area (Å²) < 4.78 is 4.62. The van der Waals surface area contributed by atoms with Crippen LogP contribution in [0.25, 0.3) is 0 Å². The molecule has 0 spiro atoms. The molecular weight excluding hydrogens is 290 g/mol. The Kier molecular flexibility index (Phi) is 6.97. The van der Waals surface area contributed by atoms with E-state index in [0.29, 0.717) is 12.1 Å². The predicted molar refractivity (Wildman–Crippen MR) is 79.2 cm³/mol. The van der Waals surface area contributed by atoms with Crippen LogP contribution in [0.2, 0.25) is 0 Å². The van der Waals surface area contributed by atoms with Crippen molar-refractivity contribution in [2.24, 2.45) is 0 Å². The maximum absolute atomic E-state index is 11.7. The van der Waals surface area contributed by atoms with E-state index in [1.54, 1.807) is 30.0 Å². The fourth-order valence-corrected chi connectivity index (χ4v) is 1.87. The second kappa shape index (κ2) is 8.73. The lowest BCUT2D eigenvalue weighted by Crippen LogP contribution is -2.40. The second-order valence-electron chi connectivity index (χ2n) is 4.46. The third kappa shape index (κ3) is 5.49. The predicted octanol–water partition coefficient (Wildman–Crippen LogP) is 1.69. The highest BCUT2D eigenvalue weighted by Crippen LogP contribution is 2.19. The second-order valence-corrected chi connectivity index (χ2v) is 4.46. The van der Waals surface area contributed by atoms with Crippen LogP contribution < -0.4 is 5.32 Å². The van der Waals surface area contributed by atoms with Gasteiger partial charge in [-0.1, -0.05) is 25.1 Å². The third-order valence-electron chi connectivity index (χ3n) is 2.91. The Bertz CT molecular complexity index is 547. The van der Waals surface area contributed by atoms with Gasteiger partial charge in [0.25, 0.3) is 5.69 Å². The Labute approximate surface area is 128 Å². The molecule has 0 saturated carbocycles. The number of rotatable bonds is 7. The van der Waals surface area contributed by atoms with Gasteiger partial charge < -0.3 is 4.74 Å². The fraction of sp³-hybridized carbons (Fsp3) is 0.429. The SMILES string of the molecule is CCOC(=O)NC(=O)CN(CC)Cc1ccccc1[N+](=O)[O-]. The number of amides is 2. The Morgan fingerprint density at radius 3 is 2.59 bits per heavy atom. The number of hydrogen-bond acceptors (Lipinski definition) is 6. The van der Waals surface area contributed by atoms with Crippen molar-refractivity contribution in [3.63, 3.8) is 0 Å². The normalized spacial score (nSPS) is 10.3. The number of imide groups is 1. The van der Waals surface area contributed by atoms with Crippen LogP contribution in [0, 0.1) is 10.1 Å². The molecule has 0 unspecified atom stereocenters. The number of carbonyl (C=O) groups is 2. The average molecular weight is 309 g/mol. The molecule has 0 aliphatic rings.